The fraction of sp³-hybridized carbons (Fsp3) is 0.182. The highest BCUT2D eigenvalue weighted by molar-refractivity contribution is 6.32. The number of nitrogens with two attached hydrogens (primary N) is 1. The highest BCUT2D eigenvalue weighted by atomic mass is 35.5. The van der Waals surface area contributed by atoms with Crippen LogP contribution in [-0.4, -0.2) is 11.5 Å². The first-order valence-electron chi connectivity index (χ1n) is 9.02. The van der Waals surface area contributed by atoms with Gasteiger partial charge < -0.3 is 16.0 Å². The van der Waals surface area contributed by atoms with Gasteiger partial charge in [0.2, 0.25) is 0 Å². The first kappa shape index (κ1) is 18.2. The molecule has 138 valence electrons. The van der Waals surface area contributed by atoms with E-state index in [1.165, 1.54) is 5.56 Å². The molecule has 0 amide bonds. The highest BCUT2D eigenvalue weighted by Gasteiger charge is 2.11. The van der Waals surface area contributed by atoms with Crippen molar-refractivity contribution in [3.05, 3.63) is 69.7 Å². The van der Waals surface area contributed by atoms with Gasteiger partial charge in [-0.15, -0.1) is 0 Å². The molecule has 0 aliphatic rings. The lowest BCUT2D eigenvalue weighted by Gasteiger charge is -2.11. The number of nitrogens with one attached hydrogen (secondary N) is 2. The van der Waals surface area contributed by atoms with Crippen LogP contribution in [0.5, 0.6) is 0 Å². The zero-order valence-corrected chi connectivity index (χ0v) is 16.6. The van der Waals surface area contributed by atoms with E-state index in [0.29, 0.717) is 6.54 Å². The summed E-state index contributed by atoms with van der Waals surface area (Å²) in [7, 11) is 0. The number of aromatic nitrogens is 1. The van der Waals surface area contributed by atoms with Gasteiger partial charge in [-0.25, -0.2) is 0 Å². The van der Waals surface area contributed by atoms with Gasteiger partial charge in [-0.3, -0.25) is 0 Å². The van der Waals surface area contributed by atoms with Gasteiger partial charge in [0.1, 0.15) is 0 Å². The molecule has 1 aromatic heterocycles. The van der Waals surface area contributed by atoms with Crippen molar-refractivity contribution in [1.29, 1.82) is 0 Å². The molecule has 4 N–H and O–H groups in total. The minimum atomic E-state index is 0.668. The topological polar surface area (TPSA) is 53.8 Å². The van der Waals surface area contributed by atoms with E-state index in [1.54, 1.807) is 0 Å². The number of hydrogen-bond acceptors (Lipinski definition) is 2. The monoisotopic (exact) mass is 397 g/mol. The van der Waals surface area contributed by atoms with Crippen molar-refractivity contribution in [2.24, 2.45) is 5.73 Å². The summed E-state index contributed by atoms with van der Waals surface area (Å²) in [6, 6.07) is 16.3. The van der Waals surface area contributed by atoms with Crippen LogP contribution in [0.4, 0.5) is 11.4 Å². The van der Waals surface area contributed by atoms with E-state index in [0.717, 1.165) is 61.6 Å². The van der Waals surface area contributed by atoms with Crippen LogP contribution in [0.1, 0.15) is 17.5 Å². The quantitative estimate of drug-likeness (QED) is 0.356. The van der Waals surface area contributed by atoms with Crippen molar-refractivity contribution in [1.82, 2.24) is 4.98 Å². The molecule has 4 rings (SSSR count). The van der Waals surface area contributed by atoms with E-state index in [2.05, 4.69) is 28.5 Å². The molecule has 0 aliphatic carbocycles. The Labute approximate surface area is 168 Å². The molecule has 0 unspecified atom stereocenters. The summed E-state index contributed by atoms with van der Waals surface area (Å²) in [6.45, 7) is 2.67. The number of hydrogen-bond donors (Lipinski definition) is 3. The number of aromatic amines is 1. The first-order chi connectivity index (χ1) is 13.0. The number of fused-ring (bicyclic) bond motifs is 3. The second kappa shape index (κ2) is 7.43. The summed E-state index contributed by atoms with van der Waals surface area (Å²) in [6.07, 6.45) is 1.86. The predicted octanol–water partition coefficient (Wildman–Crippen LogP) is 6.57. The van der Waals surface area contributed by atoms with Gasteiger partial charge in [-0.1, -0.05) is 23.2 Å². The molecule has 27 heavy (non-hydrogen) atoms. The number of aryl methyl sites for hydroxylation is 2. The third-order valence-corrected chi connectivity index (χ3v) is 5.51. The second-order valence-electron chi connectivity index (χ2n) is 6.85. The van der Waals surface area contributed by atoms with Crippen LogP contribution in [0.25, 0.3) is 21.8 Å². The molecule has 0 saturated carbocycles. The van der Waals surface area contributed by atoms with Crippen LogP contribution in [0.3, 0.4) is 0 Å². The zero-order valence-electron chi connectivity index (χ0n) is 15.1. The molecule has 0 aliphatic heterocycles. The van der Waals surface area contributed by atoms with E-state index >= 15 is 0 Å². The average Bonchev–Trinajstić information content (AvgIpc) is 3.01. The second-order valence-corrected chi connectivity index (χ2v) is 7.70. The first-order valence-corrected chi connectivity index (χ1v) is 9.78. The lowest BCUT2D eigenvalue weighted by atomic mass is 10.0. The summed E-state index contributed by atoms with van der Waals surface area (Å²) in [5.74, 6) is 0. The normalized spacial score (nSPS) is 11.4. The molecular formula is C22H21Cl2N3. The SMILES string of the molecule is Cc1cc(Nc2cc(CCCN)c3[nH]c4ccc(Cl)cc4c3c2)ccc1Cl. The Kier molecular flexibility index (Phi) is 5.00. The smallest absolute Gasteiger partial charge is 0.0498 e. The number of H-pyrrole nitrogens is 1. The fourth-order valence-corrected chi connectivity index (χ4v) is 3.79. The molecule has 0 saturated heterocycles. The molecule has 1 heterocycles. The van der Waals surface area contributed by atoms with E-state index in [1.807, 2.05) is 37.3 Å². The molecule has 3 aromatic carbocycles. The van der Waals surface area contributed by atoms with Crippen molar-refractivity contribution >= 4 is 56.4 Å². The molecule has 0 bridgehead atoms. The number of rotatable bonds is 5. The lowest BCUT2D eigenvalue weighted by Crippen LogP contribution is -2.01. The highest BCUT2D eigenvalue weighted by Crippen LogP contribution is 2.34. The molecule has 0 spiro atoms. The maximum atomic E-state index is 6.24. The summed E-state index contributed by atoms with van der Waals surface area (Å²) >= 11 is 12.4. The van der Waals surface area contributed by atoms with Gasteiger partial charge in [0.15, 0.2) is 0 Å². The van der Waals surface area contributed by atoms with Gasteiger partial charge >= 0.3 is 0 Å². The van der Waals surface area contributed by atoms with Crippen molar-refractivity contribution in [2.75, 3.05) is 11.9 Å². The van der Waals surface area contributed by atoms with E-state index in [-0.39, 0.29) is 0 Å². The van der Waals surface area contributed by atoms with Gasteiger partial charge in [-0.05, 0) is 86.0 Å². The largest absolute Gasteiger partial charge is 0.355 e. The summed E-state index contributed by atoms with van der Waals surface area (Å²) in [5, 5.41) is 7.31. The number of anilines is 2. The van der Waals surface area contributed by atoms with Gasteiger partial charge in [0.25, 0.3) is 0 Å². The Morgan fingerprint density at radius 1 is 0.963 bits per heavy atom. The number of halogens is 2. The third kappa shape index (κ3) is 3.63. The minimum Gasteiger partial charge on any atom is -0.355 e. The van der Waals surface area contributed by atoms with Crippen LogP contribution in [0.2, 0.25) is 10.0 Å². The Bertz CT molecular complexity index is 1130. The summed E-state index contributed by atoms with van der Waals surface area (Å²) in [5.41, 5.74) is 12.3. The number of benzene rings is 3. The maximum absolute atomic E-state index is 6.24. The van der Waals surface area contributed by atoms with Crippen LogP contribution >= 0.6 is 23.2 Å². The average molecular weight is 398 g/mol. The van der Waals surface area contributed by atoms with Crippen LogP contribution < -0.4 is 11.1 Å². The van der Waals surface area contributed by atoms with E-state index in [9.17, 15) is 0 Å². The molecule has 4 aromatic rings. The van der Waals surface area contributed by atoms with Crippen LogP contribution in [-0.2, 0) is 6.42 Å². The van der Waals surface area contributed by atoms with Crippen LogP contribution in [0.15, 0.2) is 48.5 Å². The molecule has 0 atom stereocenters. The maximum Gasteiger partial charge on any atom is 0.0498 e. The third-order valence-electron chi connectivity index (χ3n) is 4.85. The van der Waals surface area contributed by atoms with E-state index < -0.39 is 0 Å². The molecule has 3 nitrogen and oxygen atoms in total. The minimum absolute atomic E-state index is 0.668. The Balaban J connectivity index is 1.85. The molecular weight excluding hydrogens is 377 g/mol. The van der Waals surface area contributed by atoms with E-state index in [4.69, 9.17) is 28.9 Å². The van der Waals surface area contributed by atoms with Gasteiger partial charge in [-0.2, -0.15) is 0 Å². The summed E-state index contributed by atoms with van der Waals surface area (Å²) < 4.78 is 0. The Morgan fingerprint density at radius 3 is 2.59 bits per heavy atom. The van der Waals surface area contributed by atoms with Crippen molar-refractivity contribution < 1.29 is 0 Å². The van der Waals surface area contributed by atoms with Gasteiger partial charge in [0, 0.05) is 43.2 Å². The standard InChI is InChI=1S/C22H21Cl2N3/c1-13-9-16(5-6-20(13)24)26-17-10-14(3-2-8-25)22-19(12-17)18-11-15(23)4-7-21(18)27-22/h4-7,9-12,26-27H,2-3,8,25H2,1H3. The predicted molar refractivity (Wildman–Crippen MR) is 118 cm³/mol. The fourth-order valence-electron chi connectivity index (χ4n) is 3.50. The molecule has 0 fully saturated rings. The van der Waals surface area contributed by atoms with Crippen molar-refractivity contribution in [3.63, 3.8) is 0 Å². The summed E-state index contributed by atoms with van der Waals surface area (Å²) in [4.78, 5) is 3.55. The van der Waals surface area contributed by atoms with Crippen molar-refractivity contribution in [2.45, 2.75) is 19.8 Å². The Morgan fingerprint density at radius 2 is 1.81 bits per heavy atom. The van der Waals surface area contributed by atoms with Crippen LogP contribution in [0, 0.1) is 6.92 Å². The molecule has 0 radical (unpaired) electrons. The lowest BCUT2D eigenvalue weighted by molar-refractivity contribution is 0.836. The van der Waals surface area contributed by atoms with Gasteiger partial charge in [0.05, 0.1) is 0 Å². The van der Waals surface area contributed by atoms with Crippen molar-refractivity contribution in [3.8, 4) is 0 Å². The Hall–Kier alpha value is -2.20. The molecule has 5 heteroatoms. The zero-order chi connectivity index (χ0) is 19.0.